The molecule has 0 rings (SSSR count). The van der Waals surface area contributed by atoms with E-state index in [2.05, 4.69) is 0 Å². The summed E-state index contributed by atoms with van der Waals surface area (Å²) in [7, 11) is 0. The van der Waals surface area contributed by atoms with Crippen LogP contribution in [0.1, 0.15) is 0 Å². The number of nitrogens with zero attached hydrogens (tertiary/aromatic N) is 6. The number of hydrogen-bond donors (Lipinski definition) is 0. The first-order valence-electron chi connectivity index (χ1n) is 2.19. The summed E-state index contributed by atoms with van der Waals surface area (Å²) >= 11 is 0. The molecule has 0 saturated carbocycles. The first kappa shape index (κ1) is 64.8. The molecule has 0 spiro atoms. The Morgan fingerprint density at radius 2 is 0.364 bits per heavy atom. The Kier molecular flexibility index (Phi) is 515. The zero-order valence-corrected chi connectivity index (χ0v) is 22.7. The molecule has 0 aliphatic rings. The molecule has 18 nitrogen and oxygen atoms in total. The predicted octanol–water partition coefficient (Wildman–Crippen LogP) is 0.359. The van der Waals surface area contributed by atoms with Crippen LogP contribution in [0.25, 0.3) is 0 Å². The second kappa shape index (κ2) is 175. The van der Waals surface area contributed by atoms with E-state index in [1.165, 1.54) is 0 Å². The molecule has 0 saturated heterocycles. The van der Waals surface area contributed by atoms with Crippen LogP contribution < -0.4 is 0 Å². The van der Waals surface area contributed by atoms with Crippen LogP contribution in [0.15, 0.2) is 32.0 Å². The van der Waals surface area contributed by atoms with Crippen molar-refractivity contribution in [2.45, 2.75) is 0 Å². The third-order valence-electron chi connectivity index (χ3n) is 0. The van der Waals surface area contributed by atoms with Gasteiger partial charge >= 0.3 is 0 Å². The molecular weight excluding hydrogens is 586 g/mol. The Labute approximate surface area is 260 Å². The van der Waals surface area contributed by atoms with Gasteiger partial charge in [0.2, 0.25) is 0 Å². The Morgan fingerprint density at radius 1 is 0.364 bits per heavy atom. The zero-order chi connectivity index (χ0) is 16.2. The largest absolute Gasteiger partial charge is 0.444 e. The maximum atomic E-state index is 8.00. The van der Waals surface area contributed by atoms with Gasteiger partial charge < -0.3 is 60.7 Å². The fraction of sp³-hybridized carbons (Fsp3) is 0. The third-order valence-corrected chi connectivity index (χ3v) is 0. The van der Waals surface area contributed by atoms with Gasteiger partial charge in [-0.05, 0) is 0 Å². The molecule has 0 unspecified atom stereocenters. The first-order valence-corrected chi connectivity index (χ1v) is 2.19. The summed E-state index contributed by atoms with van der Waals surface area (Å²) in [4.78, 5) is 48.0. The van der Waals surface area contributed by atoms with E-state index in [4.69, 9.17) is 60.7 Å². The van der Waals surface area contributed by atoms with Crippen molar-refractivity contribution >= 4 is 154 Å². The van der Waals surface area contributed by atoms with Crippen LogP contribution in [0.4, 0.5) is 0 Å². The van der Waals surface area contributed by atoms with E-state index >= 15 is 0 Å². The second-order valence-corrected chi connectivity index (χ2v) is 0.447. The molecule has 0 aliphatic heterocycles. The molecule has 4 radical (unpaired) electrons. The molecule has 0 bridgehead atoms. The summed E-state index contributed by atoms with van der Waals surface area (Å²) in [5.41, 5.74) is 0. The zero-order valence-electron chi connectivity index (χ0n) is 10.9. The molecule has 0 atom stereocenters. The van der Waals surface area contributed by atoms with Gasteiger partial charge in [0, 0.05) is 174 Å². The van der Waals surface area contributed by atoms with Crippen LogP contribution >= 0.6 is 0 Å². The molecule has 0 aromatic rings. The smallest absolute Gasteiger partial charge is 0 e. The molecular formula is IrK3N6O12-6. The van der Waals surface area contributed by atoms with Gasteiger partial charge in [-0.3, -0.25) is 0 Å². The van der Waals surface area contributed by atoms with Gasteiger partial charge in [-0.15, -0.1) is 32.0 Å². The topological polar surface area (TPSA) is 315 Å². The van der Waals surface area contributed by atoms with Gasteiger partial charge in [-0.25, -0.2) is 0 Å². The summed E-state index contributed by atoms with van der Waals surface area (Å²) in [6.07, 6.45) is 0. The maximum absolute atomic E-state index is 8.00. The van der Waals surface area contributed by atoms with Gasteiger partial charge in [0.15, 0.2) is 0 Å². The molecule has 0 N–H and O–H groups in total. The normalized spacial score (nSPS) is 3.27. The van der Waals surface area contributed by atoms with Crippen molar-refractivity contribution in [3.63, 3.8) is 0 Å². The summed E-state index contributed by atoms with van der Waals surface area (Å²) in [5.74, 6) is 0. The van der Waals surface area contributed by atoms with Crippen LogP contribution in [0, 0.1) is 60.7 Å². The van der Waals surface area contributed by atoms with Crippen molar-refractivity contribution in [3.8, 4) is 0 Å². The minimum Gasteiger partial charge on any atom is -0.444 e. The van der Waals surface area contributed by atoms with E-state index in [-0.39, 0.29) is 174 Å². The van der Waals surface area contributed by atoms with Crippen LogP contribution in [0.5, 0.6) is 0 Å². The minimum atomic E-state index is 0. The number of hydrogen-bond acceptors (Lipinski definition) is 18. The van der Waals surface area contributed by atoms with Crippen LogP contribution in [0.3, 0.4) is 0 Å². The monoisotopic (exact) mass is 586 g/mol. The van der Waals surface area contributed by atoms with E-state index in [9.17, 15) is 0 Å². The van der Waals surface area contributed by atoms with Crippen LogP contribution in [0.2, 0.25) is 0 Å². The molecule has 22 heteroatoms. The third kappa shape index (κ3) is 2510. The van der Waals surface area contributed by atoms with Crippen molar-refractivity contribution in [2.24, 2.45) is 32.0 Å². The van der Waals surface area contributed by atoms with Gasteiger partial charge in [-0.1, -0.05) is 0 Å². The molecule has 0 heterocycles. The van der Waals surface area contributed by atoms with E-state index < -0.39 is 0 Å². The van der Waals surface area contributed by atoms with Crippen molar-refractivity contribution in [1.82, 2.24) is 0 Å². The van der Waals surface area contributed by atoms with E-state index in [0.29, 0.717) is 0 Å². The van der Waals surface area contributed by atoms with Crippen molar-refractivity contribution in [1.29, 1.82) is 0 Å². The second-order valence-electron chi connectivity index (χ2n) is 0.447. The Balaban J connectivity index is -0.00000000947. The van der Waals surface area contributed by atoms with Gasteiger partial charge in [0.25, 0.3) is 0 Å². The summed E-state index contributed by atoms with van der Waals surface area (Å²) in [6.45, 7) is 0. The fourth-order valence-corrected chi connectivity index (χ4v) is 0. The average molecular weight is 586 g/mol. The van der Waals surface area contributed by atoms with E-state index in [1.54, 1.807) is 0 Å². The molecule has 0 aromatic heterocycles. The molecule has 22 heavy (non-hydrogen) atoms. The molecule has 0 amide bonds. The van der Waals surface area contributed by atoms with Crippen LogP contribution in [-0.4, -0.2) is 154 Å². The molecule has 0 aliphatic carbocycles. The summed E-state index contributed by atoms with van der Waals surface area (Å²) < 4.78 is 0. The Hall–Kier alpha value is 1.96. The number of rotatable bonds is 0. The Morgan fingerprint density at radius 3 is 0.364 bits per heavy atom. The molecule has 120 valence electrons. The minimum absolute atomic E-state index is 0. The van der Waals surface area contributed by atoms with Crippen LogP contribution in [-0.2, 0) is 20.1 Å². The first-order chi connectivity index (χ1) is 8.49. The van der Waals surface area contributed by atoms with E-state index in [0.717, 1.165) is 32.0 Å². The average Bonchev–Trinajstić information content (AvgIpc) is 2.23. The fourth-order valence-electron chi connectivity index (χ4n) is 0. The quantitative estimate of drug-likeness (QED) is 0.211. The van der Waals surface area contributed by atoms with Gasteiger partial charge in [0.05, 0.1) is 0 Å². The molecule has 0 fully saturated rings. The maximum Gasteiger partial charge on any atom is 0 e. The van der Waals surface area contributed by atoms with Gasteiger partial charge in [0.1, 0.15) is 0 Å². The standard InChI is InChI=1S/Ir.3K.6HNO2/c;;;;6*2-1-3/h;;;;6*(H,2,3)/p-6. The summed E-state index contributed by atoms with van der Waals surface area (Å²) in [6, 6.07) is 0. The van der Waals surface area contributed by atoms with Crippen molar-refractivity contribution in [3.05, 3.63) is 60.7 Å². The van der Waals surface area contributed by atoms with Crippen molar-refractivity contribution < 1.29 is 20.1 Å². The SMILES string of the molecule is O=N[O-].O=N[O-].O=N[O-].O=N[O-].O=N[O-].O=N[O-].[Ir].[K].[K].[K]. The predicted molar refractivity (Wildman–Crippen MR) is 72.2 cm³/mol. The van der Waals surface area contributed by atoms with E-state index in [1.807, 2.05) is 0 Å². The Bertz CT molecular complexity index is 126. The van der Waals surface area contributed by atoms with Gasteiger partial charge in [-0.2, -0.15) is 0 Å². The molecule has 0 aromatic carbocycles. The summed E-state index contributed by atoms with van der Waals surface area (Å²) in [5, 5.41) is 54.0. The van der Waals surface area contributed by atoms with Crippen molar-refractivity contribution in [2.75, 3.05) is 0 Å².